The van der Waals surface area contributed by atoms with Crippen LogP contribution in [0.5, 0.6) is 0 Å². The van der Waals surface area contributed by atoms with Crippen molar-refractivity contribution in [2.45, 2.75) is 32.7 Å². The normalized spacial score (nSPS) is 12.2. The topological polar surface area (TPSA) is 88.3 Å². The Balaban J connectivity index is 1.86. The molecule has 0 atom stereocenters. The van der Waals surface area contributed by atoms with Crippen LogP contribution in [-0.2, 0) is 23.2 Å². The molecule has 0 fully saturated rings. The molecule has 23 heavy (non-hydrogen) atoms. The number of rotatable bonds is 8. The number of benzene rings is 1. The molecule has 0 spiro atoms. The summed E-state index contributed by atoms with van der Waals surface area (Å²) in [5.74, 6) is 1.23. The highest BCUT2D eigenvalue weighted by molar-refractivity contribution is 7.87. The highest BCUT2D eigenvalue weighted by Gasteiger charge is 2.18. The lowest BCUT2D eigenvalue weighted by molar-refractivity contribution is 0.359. The summed E-state index contributed by atoms with van der Waals surface area (Å²) in [5.41, 5.74) is 0.907. The zero-order chi connectivity index (χ0) is 16.9. The summed E-state index contributed by atoms with van der Waals surface area (Å²) >= 11 is 0. The van der Waals surface area contributed by atoms with E-state index in [1.54, 1.807) is 0 Å². The average molecular weight is 338 g/mol. The largest absolute Gasteiger partial charge is 0.339 e. The van der Waals surface area contributed by atoms with Gasteiger partial charge in [-0.1, -0.05) is 49.3 Å². The molecular weight excluding hydrogens is 316 g/mol. The van der Waals surface area contributed by atoms with Crippen LogP contribution >= 0.6 is 0 Å². The summed E-state index contributed by atoms with van der Waals surface area (Å²) in [6, 6.07) is 9.37. The van der Waals surface area contributed by atoms with E-state index in [-0.39, 0.29) is 19.0 Å². The summed E-state index contributed by atoms with van der Waals surface area (Å²) in [4.78, 5) is 4.24. The van der Waals surface area contributed by atoms with Gasteiger partial charge in [0.2, 0.25) is 5.89 Å². The van der Waals surface area contributed by atoms with Gasteiger partial charge in [-0.3, -0.25) is 0 Å². The number of nitrogens with one attached hydrogen (secondary N) is 1. The Morgan fingerprint density at radius 2 is 1.96 bits per heavy atom. The molecule has 8 heteroatoms. The fraction of sp³-hybridized carbons (Fsp3) is 0.467. The molecule has 0 aliphatic heterocycles. The molecule has 2 rings (SSSR count). The third-order valence-electron chi connectivity index (χ3n) is 3.34. The third-order valence-corrected chi connectivity index (χ3v) is 4.85. The van der Waals surface area contributed by atoms with Gasteiger partial charge in [-0.2, -0.15) is 22.4 Å². The van der Waals surface area contributed by atoms with Gasteiger partial charge in [0.05, 0.1) is 0 Å². The van der Waals surface area contributed by atoms with Crippen LogP contribution in [0, 0.1) is 0 Å². The van der Waals surface area contributed by atoms with Crippen LogP contribution in [0.25, 0.3) is 0 Å². The first-order chi connectivity index (χ1) is 10.9. The van der Waals surface area contributed by atoms with Crippen LogP contribution in [0.1, 0.15) is 37.0 Å². The minimum absolute atomic E-state index is 0.158. The van der Waals surface area contributed by atoms with Gasteiger partial charge in [0.1, 0.15) is 0 Å². The molecule has 0 amide bonds. The number of aromatic nitrogens is 2. The van der Waals surface area contributed by atoms with Gasteiger partial charge in [0.15, 0.2) is 5.82 Å². The SMILES string of the molecule is CC(C)c1nc(CCN(C)S(=O)(=O)NCc2ccccc2)no1. The Kier molecular flexibility index (Phi) is 5.86. The Morgan fingerprint density at radius 1 is 1.26 bits per heavy atom. The average Bonchev–Trinajstić information content (AvgIpc) is 3.01. The molecule has 7 nitrogen and oxygen atoms in total. The zero-order valence-electron chi connectivity index (χ0n) is 13.6. The summed E-state index contributed by atoms with van der Waals surface area (Å²) < 4.78 is 33.3. The van der Waals surface area contributed by atoms with E-state index < -0.39 is 10.2 Å². The molecular formula is C15H22N4O3S. The van der Waals surface area contributed by atoms with E-state index in [9.17, 15) is 8.42 Å². The molecule has 0 aliphatic carbocycles. The van der Waals surface area contributed by atoms with Gasteiger partial charge in [-0.05, 0) is 5.56 Å². The van der Waals surface area contributed by atoms with Gasteiger partial charge in [-0.15, -0.1) is 0 Å². The van der Waals surface area contributed by atoms with E-state index in [0.717, 1.165) is 5.56 Å². The van der Waals surface area contributed by atoms with E-state index in [1.807, 2.05) is 44.2 Å². The molecule has 2 aromatic rings. The quantitative estimate of drug-likeness (QED) is 0.791. The fourth-order valence-corrected chi connectivity index (χ4v) is 2.76. The van der Waals surface area contributed by atoms with Crippen LogP contribution in [-0.4, -0.2) is 36.5 Å². The molecule has 0 radical (unpaired) electrons. The third kappa shape index (κ3) is 5.12. The Hall–Kier alpha value is -1.77. The number of likely N-dealkylation sites (N-methyl/N-ethyl adjacent to an activating group) is 1. The van der Waals surface area contributed by atoms with E-state index in [1.165, 1.54) is 11.4 Å². The van der Waals surface area contributed by atoms with Crippen molar-refractivity contribution in [1.29, 1.82) is 0 Å². The maximum absolute atomic E-state index is 12.2. The molecule has 1 aromatic heterocycles. The van der Waals surface area contributed by atoms with Crippen LogP contribution in [0.2, 0.25) is 0 Å². The van der Waals surface area contributed by atoms with Crippen LogP contribution in [0.3, 0.4) is 0 Å². The lowest BCUT2D eigenvalue weighted by atomic mass is 10.2. The van der Waals surface area contributed by atoms with Gasteiger partial charge < -0.3 is 4.52 Å². The predicted molar refractivity (Wildman–Crippen MR) is 86.9 cm³/mol. The van der Waals surface area contributed by atoms with Gasteiger partial charge in [0.25, 0.3) is 10.2 Å². The maximum Gasteiger partial charge on any atom is 0.279 e. The first kappa shape index (κ1) is 17.6. The van der Waals surface area contributed by atoms with E-state index in [4.69, 9.17) is 4.52 Å². The van der Waals surface area contributed by atoms with Crippen molar-refractivity contribution in [3.63, 3.8) is 0 Å². The number of hydrogen-bond acceptors (Lipinski definition) is 5. The first-order valence-corrected chi connectivity index (χ1v) is 8.90. The first-order valence-electron chi connectivity index (χ1n) is 7.46. The van der Waals surface area contributed by atoms with Crippen molar-refractivity contribution in [2.75, 3.05) is 13.6 Å². The molecule has 0 bridgehead atoms. The Morgan fingerprint density at radius 3 is 2.57 bits per heavy atom. The Labute approximate surface area is 136 Å². The second-order valence-electron chi connectivity index (χ2n) is 5.59. The Bertz CT molecular complexity index is 713. The summed E-state index contributed by atoms with van der Waals surface area (Å²) in [6.45, 7) is 4.46. The van der Waals surface area contributed by atoms with Crippen molar-refractivity contribution in [3.8, 4) is 0 Å². The van der Waals surface area contributed by atoms with Gasteiger partial charge >= 0.3 is 0 Å². The molecule has 1 heterocycles. The van der Waals surface area contributed by atoms with E-state index in [0.29, 0.717) is 18.1 Å². The second-order valence-corrected chi connectivity index (χ2v) is 7.45. The molecule has 0 saturated heterocycles. The standard InChI is InChI=1S/C15H22N4O3S/c1-12(2)15-17-14(18-22-15)9-10-19(3)23(20,21)16-11-13-7-5-4-6-8-13/h4-8,12,16H,9-11H2,1-3H3. The number of hydrogen-bond donors (Lipinski definition) is 1. The lowest BCUT2D eigenvalue weighted by Crippen LogP contribution is -2.38. The van der Waals surface area contributed by atoms with Crippen molar-refractivity contribution < 1.29 is 12.9 Å². The summed E-state index contributed by atoms with van der Waals surface area (Å²) in [6.07, 6.45) is 0.402. The van der Waals surface area contributed by atoms with Crippen molar-refractivity contribution in [1.82, 2.24) is 19.2 Å². The highest BCUT2D eigenvalue weighted by atomic mass is 32.2. The van der Waals surface area contributed by atoms with Crippen LogP contribution in [0.15, 0.2) is 34.9 Å². The molecule has 0 unspecified atom stereocenters. The van der Waals surface area contributed by atoms with Crippen molar-refractivity contribution >= 4 is 10.2 Å². The molecule has 0 saturated carbocycles. The van der Waals surface area contributed by atoms with Gasteiger partial charge in [0, 0.05) is 32.5 Å². The zero-order valence-corrected chi connectivity index (χ0v) is 14.4. The molecule has 126 valence electrons. The monoisotopic (exact) mass is 338 g/mol. The predicted octanol–water partition coefficient (Wildman–Crippen LogP) is 1.70. The lowest BCUT2D eigenvalue weighted by Gasteiger charge is -2.16. The van der Waals surface area contributed by atoms with E-state index >= 15 is 0 Å². The van der Waals surface area contributed by atoms with Crippen LogP contribution in [0.4, 0.5) is 0 Å². The van der Waals surface area contributed by atoms with E-state index in [2.05, 4.69) is 14.9 Å². The van der Waals surface area contributed by atoms with Crippen molar-refractivity contribution in [3.05, 3.63) is 47.6 Å². The minimum Gasteiger partial charge on any atom is -0.339 e. The second kappa shape index (κ2) is 7.67. The van der Waals surface area contributed by atoms with Crippen molar-refractivity contribution in [2.24, 2.45) is 0 Å². The fourth-order valence-electron chi connectivity index (χ4n) is 1.86. The molecule has 1 N–H and O–H groups in total. The van der Waals surface area contributed by atoms with Gasteiger partial charge in [-0.25, -0.2) is 0 Å². The highest BCUT2D eigenvalue weighted by Crippen LogP contribution is 2.11. The smallest absolute Gasteiger partial charge is 0.279 e. The molecule has 1 aromatic carbocycles. The number of nitrogens with zero attached hydrogens (tertiary/aromatic N) is 3. The molecule has 0 aliphatic rings. The summed E-state index contributed by atoms with van der Waals surface area (Å²) in [5, 5.41) is 3.86. The minimum atomic E-state index is -3.54. The summed E-state index contributed by atoms with van der Waals surface area (Å²) in [7, 11) is -2.02. The maximum atomic E-state index is 12.2. The van der Waals surface area contributed by atoms with Crippen LogP contribution < -0.4 is 4.72 Å².